The molecule has 4 nitrogen and oxygen atoms in total. The molecule has 17 heavy (non-hydrogen) atoms. The summed E-state index contributed by atoms with van der Waals surface area (Å²) < 4.78 is 7.31. The lowest BCUT2D eigenvalue weighted by Gasteiger charge is -2.09. The van der Waals surface area contributed by atoms with Gasteiger partial charge in [-0.05, 0) is 32.3 Å². The molecule has 0 bridgehead atoms. The molecule has 1 aromatic rings. The Labute approximate surface area is 102 Å². The van der Waals surface area contributed by atoms with Crippen LogP contribution in [0, 0.1) is 0 Å². The molecule has 0 aromatic carbocycles. The Morgan fingerprint density at radius 1 is 1.71 bits per heavy atom. The average molecular weight is 236 g/mol. The highest BCUT2D eigenvalue weighted by Gasteiger charge is 2.24. The van der Waals surface area contributed by atoms with Crippen molar-refractivity contribution in [1.82, 2.24) is 9.78 Å². The van der Waals surface area contributed by atoms with Gasteiger partial charge < -0.3 is 4.74 Å². The smallest absolute Gasteiger partial charge is 0.167 e. The van der Waals surface area contributed by atoms with Crippen molar-refractivity contribution in [2.24, 2.45) is 0 Å². The monoisotopic (exact) mass is 236 g/mol. The molecular formula is C13H20N2O2. The molecule has 0 saturated carbocycles. The standard InChI is InChI=1S/C13H20N2O2/c1-3-10(2)15-7-6-11(14-15)9-12(16)13-5-4-8-17-13/h6-7,10,13H,3-5,8-9H2,1-2H3. The van der Waals surface area contributed by atoms with Crippen molar-refractivity contribution in [3.63, 3.8) is 0 Å². The lowest BCUT2D eigenvalue weighted by atomic mass is 10.1. The largest absolute Gasteiger partial charge is 0.370 e. The van der Waals surface area contributed by atoms with Crippen LogP contribution >= 0.6 is 0 Å². The normalized spacial score (nSPS) is 21.6. The van der Waals surface area contributed by atoms with Crippen molar-refractivity contribution in [3.05, 3.63) is 18.0 Å². The van der Waals surface area contributed by atoms with Crippen molar-refractivity contribution in [1.29, 1.82) is 0 Å². The van der Waals surface area contributed by atoms with Gasteiger partial charge in [0.05, 0.1) is 12.1 Å². The van der Waals surface area contributed by atoms with Gasteiger partial charge in [-0.1, -0.05) is 6.92 Å². The number of aromatic nitrogens is 2. The molecule has 0 amide bonds. The van der Waals surface area contributed by atoms with E-state index < -0.39 is 0 Å². The zero-order valence-electron chi connectivity index (χ0n) is 10.6. The third-order valence-electron chi connectivity index (χ3n) is 3.35. The second-order valence-electron chi connectivity index (χ2n) is 4.69. The first kappa shape index (κ1) is 12.3. The van der Waals surface area contributed by atoms with E-state index in [-0.39, 0.29) is 11.9 Å². The molecule has 1 aliphatic rings. The number of carbonyl (C=O) groups is 1. The molecule has 1 saturated heterocycles. The summed E-state index contributed by atoms with van der Waals surface area (Å²) in [7, 11) is 0. The highest BCUT2D eigenvalue weighted by Crippen LogP contribution is 2.15. The van der Waals surface area contributed by atoms with Crippen molar-refractivity contribution in [3.8, 4) is 0 Å². The summed E-state index contributed by atoms with van der Waals surface area (Å²) in [4.78, 5) is 11.9. The Morgan fingerprint density at radius 2 is 2.53 bits per heavy atom. The van der Waals surface area contributed by atoms with Gasteiger partial charge in [-0.2, -0.15) is 5.10 Å². The van der Waals surface area contributed by atoms with Gasteiger partial charge in [-0.15, -0.1) is 0 Å². The predicted molar refractivity (Wildman–Crippen MR) is 64.9 cm³/mol. The number of hydrogen-bond acceptors (Lipinski definition) is 3. The second kappa shape index (κ2) is 5.45. The fourth-order valence-electron chi connectivity index (χ4n) is 2.03. The van der Waals surface area contributed by atoms with Crippen LogP contribution in [0.5, 0.6) is 0 Å². The molecule has 0 aliphatic carbocycles. The van der Waals surface area contributed by atoms with Crippen LogP contribution in [0.3, 0.4) is 0 Å². The van der Waals surface area contributed by atoms with Crippen LogP contribution in [0.25, 0.3) is 0 Å². The van der Waals surface area contributed by atoms with E-state index in [2.05, 4.69) is 18.9 Å². The van der Waals surface area contributed by atoms with Gasteiger partial charge in [-0.3, -0.25) is 9.48 Å². The molecule has 2 atom stereocenters. The highest BCUT2D eigenvalue weighted by molar-refractivity contribution is 5.85. The summed E-state index contributed by atoms with van der Waals surface area (Å²) in [6, 6.07) is 2.32. The Hall–Kier alpha value is -1.16. The summed E-state index contributed by atoms with van der Waals surface area (Å²) >= 11 is 0. The van der Waals surface area contributed by atoms with Gasteiger partial charge in [0, 0.05) is 18.8 Å². The van der Waals surface area contributed by atoms with Crippen LogP contribution < -0.4 is 0 Å². The van der Waals surface area contributed by atoms with Crippen LogP contribution in [-0.2, 0) is 16.0 Å². The maximum Gasteiger partial charge on any atom is 0.167 e. The molecule has 2 unspecified atom stereocenters. The number of nitrogens with zero attached hydrogens (tertiary/aromatic N) is 2. The summed E-state index contributed by atoms with van der Waals surface area (Å²) in [6.07, 6.45) is 5.06. The van der Waals surface area contributed by atoms with Gasteiger partial charge >= 0.3 is 0 Å². The van der Waals surface area contributed by atoms with Crippen LogP contribution in [0.4, 0.5) is 0 Å². The maximum absolute atomic E-state index is 11.9. The first-order chi connectivity index (χ1) is 8.20. The van der Waals surface area contributed by atoms with Gasteiger partial charge in [0.2, 0.25) is 0 Å². The number of carbonyl (C=O) groups excluding carboxylic acids is 1. The van der Waals surface area contributed by atoms with E-state index in [1.807, 2.05) is 16.9 Å². The Balaban J connectivity index is 1.94. The molecule has 4 heteroatoms. The number of Topliss-reactive ketones (excluding diaryl/α,β-unsaturated/α-hetero) is 1. The van der Waals surface area contributed by atoms with Crippen molar-refractivity contribution < 1.29 is 9.53 Å². The fraction of sp³-hybridized carbons (Fsp3) is 0.692. The number of ether oxygens (including phenoxy) is 1. The Bertz CT molecular complexity index is 381. The van der Waals surface area contributed by atoms with Crippen LogP contribution in [0.2, 0.25) is 0 Å². The van der Waals surface area contributed by atoms with Gasteiger partial charge in [0.1, 0.15) is 6.10 Å². The topological polar surface area (TPSA) is 44.1 Å². The van der Waals surface area contributed by atoms with E-state index in [1.165, 1.54) is 0 Å². The van der Waals surface area contributed by atoms with Crippen molar-refractivity contribution >= 4 is 5.78 Å². The van der Waals surface area contributed by atoms with E-state index in [0.29, 0.717) is 12.5 Å². The summed E-state index contributed by atoms with van der Waals surface area (Å²) in [6.45, 7) is 4.97. The number of ketones is 1. The van der Waals surface area contributed by atoms with E-state index in [0.717, 1.165) is 31.6 Å². The number of hydrogen-bond donors (Lipinski definition) is 0. The van der Waals surface area contributed by atoms with Gasteiger partial charge in [0.15, 0.2) is 5.78 Å². The fourth-order valence-corrected chi connectivity index (χ4v) is 2.03. The number of rotatable bonds is 5. The van der Waals surface area contributed by atoms with Crippen LogP contribution in [0.15, 0.2) is 12.3 Å². The van der Waals surface area contributed by atoms with Crippen LogP contribution in [-0.4, -0.2) is 28.3 Å². The Kier molecular flexibility index (Phi) is 3.94. The van der Waals surface area contributed by atoms with Crippen molar-refractivity contribution in [2.75, 3.05) is 6.61 Å². The second-order valence-corrected chi connectivity index (χ2v) is 4.69. The lowest BCUT2D eigenvalue weighted by molar-refractivity contribution is -0.127. The third-order valence-corrected chi connectivity index (χ3v) is 3.35. The third kappa shape index (κ3) is 2.94. The molecule has 94 valence electrons. The summed E-state index contributed by atoms with van der Waals surface area (Å²) in [5, 5.41) is 4.43. The van der Waals surface area contributed by atoms with Crippen LogP contribution in [0.1, 0.15) is 44.8 Å². The minimum absolute atomic E-state index is 0.164. The van der Waals surface area contributed by atoms with E-state index in [1.54, 1.807) is 0 Å². The first-order valence-electron chi connectivity index (χ1n) is 6.39. The van der Waals surface area contributed by atoms with Gasteiger partial charge in [0.25, 0.3) is 0 Å². The maximum atomic E-state index is 11.9. The summed E-state index contributed by atoms with van der Waals surface area (Å²) in [5.41, 5.74) is 0.853. The van der Waals surface area contributed by atoms with E-state index >= 15 is 0 Å². The molecule has 0 N–H and O–H groups in total. The average Bonchev–Trinajstić information content (AvgIpc) is 2.98. The quantitative estimate of drug-likeness (QED) is 0.786. The molecule has 0 spiro atoms. The van der Waals surface area contributed by atoms with Crippen molar-refractivity contribution in [2.45, 2.75) is 51.7 Å². The zero-order valence-corrected chi connectivity index (χ0v) is 10.6. The van der Waals surface area contributed by atoms with E-state index in [4.69, 9.17) is 4.74 Å². The molecule has 1 aromatic heterocycles. The first-order valence-corrected chi connectivity index (χ1v) is 6.39. The molecule has 2 rings (SSSR count). The molecule has 1 aliphatic heterocycles. The molecule has 1 fully saturated rings. The lowest BCUT2D eigenvalue weighted by Crippen LogP contribution is -2.21. The highest BCUT2D eigenvalue weighted by atomic mass is 16.5. The molecule has 0 radical (unpaired) electrons. The van der Waals surface area contributed by atoms with E-state index in [9.17, 15) is 4.79 Å². The molecule has 2 heterocycles. The van der Waals surface area contributed by atoms with Gasteiger partial charge in [-0.25, -0.2) is 0 Å². The molecular weight excluding hydrogens is 216 g/mol. The Morgan fingerprint density at radius 3 is 3.18 bits per heavy atom. The SMILES string of the molecule is CCC(C)n1ccc(CC(=O)C2CCCO2)n1. The summed E-state index contributed by atoms with van der Waals surface area (Å²) in [5.74, 6) is 0.164. The predicted octanol–water partition coefficient (Wildman–Crippen LogP) is 2.14. The minimum Gasteiger partial charge on any atom is -0.370 e. The zero-order chi connectivity index (χ0) is 12.3. The minimum atomic E-state index is -0.191.